The molecule has 2 aliphatic carbocycles. The normalized spacial score (nSPS) is 40.1. The number of allylic oxidation sites excluding steroid dienone is 3. The van der Waals surface area contributed by atoms with Crippen molar-refractivity contribution in [2.75, 3.05) is 0 Å². The molecule has 7 heteroatoms. The van der Waals surface area contributed by atoms with Crippen LogP contribution in [0.5, 0.6) is 0 Å². The number of aliphatic hydroxyl groups is 1. The first-order valence-corrected chi connectivity index (χ1v) is 8.36. The molecule has 20 heavy (non-hydrogen) atoms. The van der Waals surface area contributed by atoms with Gasteiger partial charge in [-0.25, -0.2) is 0 Å². The first-order chi connectivity index (χ1) is 8.88. The van der Waals surface area contributed by atoms with Crippen molar-refractivity contribution >= 4 is 69.6 Å². The Morgan fingerprint density at radius 3 is 2.15 bits per heavy atom. The summed E-state index contributed by atoms with van der Waals surface area (Å²) in [6, 6.07) is 0. The Balaban J connectivity index is 2.31. The van der Waals surface area contributed by atoms with Gasteiger partial charge in [-0.3, -0.25) is 0 Å². The molecule has 1 N–H and O–H groups in total. The fourth-order valence-corrected chi connectivity index (χ4v) is 5.65. The van der Waals surface area contributed by atoms with Crippen LogP contribution in [-0.2, 0) is 0 Å². The van der Waals surface area contributed by atoms with Gasteiger partial charge in [0.15, 0.2) is 4.33 Å². The quantitative estimate of drug-likeness (QED) is 0.487. The summed E-state index contributed by atoms with van der Waals surface area (Å²) in [5.74, 6) is -0.162. The van der Waals surface area contributed by atoms with E-state index in [4.69, 9.17) is 69.6 Å². The fourth-order valence-electron chi connectivity index (χ4n) is 2.80. The van der Waals surface area contributed by atoms with Crippen molar-refractivity contribution in [3.63, 3.8) is 0 Å². The molecule has 114 valence electrons. The Kier molecular flexibility index (Phi) is 4.46. The lowest BCUT2D eigenvalue weighted by atomic mass is 9.88. The lowest BCUT2D eigenvalue weighted by Crippen LogP contribution is -2.44. The van der Waals surface area contributed by atoms with Crippen LogP contribution >= 0.6 is 69.6 Å². The zero-order valence-corrected chi connectivity index (χ0v) is 15.4. The average molecular weight is 399 g/mol. The van der Waals surface area contributed by atoms with Gasteiger partial charge in [-0.15, -0.1) is 23.2 Å². The summed E-state index contributed by atoms with van der Waals surface area (Å²) in [6.07, 6.45) is 4.49. The molecule has 0 radical (unpaired) electrons. The number of fused-ring (bicyclic) bond motifs is 2. The first kappa shape index (κ1) is 17.5. The Hall–Kier alpha value is 1.18. The molecular weight excluding hydrogens is 385 g/mol. The lowest BCUT2D eigenvalue weighted by molar-refractivity contribution is 0.132. The molecule has 0 aromatic rings. The van der Waals surface area contributed by atoms with E-state index >= 15 is 0 Å². The summed E-state index contributed by atoms with van der Waals surface area (Å²) in [4.78, 5) is -2.37. The highest BCUT2D eigenvalue weighted by Crippen LogP contribution is 2.74. The van der Waals surface area contributed by atoms with E-state index in [1.807, 2.05) is 6.08 Å². The smallest absolute Gasteiger partial charge is 0.166 e. The van der Waals surface area contributed by atoms with Crippen LogP contribution in [0.2, 0.25) is 0 Å². The van der Waals surface area contributed by atoms with E-state index in [1.54, 1.807) is 19.9 Å². The SMILES string of the molecule is CC(C)(O)/C=C/C[C@@H]1C[C@]2(Cl)C(Cl)=C(Cl)[C@]1(Cl)C2(Cl)Cl. The van der Waals surface area contributed by atoms with Crippen molar-refractivity contribution < 1.29 is 5.11 Å². The summed E-state index contributed by atoms with van der Waals surface area (Å²) in [5.41, 5.74) is -0.897. The van der Waals surface area contributed by atoms with Crippen molar-refractivity contribution in [3.05, 3.63) is 22.2 Å². The zero-order valence-electron chi connectivity index (χ0n) is 10.9. The van der Waals surface area contributed by atoms with E-state index in [-0.39, 0.29) is 16.0 Å². The monoisotopic (exact) mass is 396 g/mol. The third-order valence-electron chi connectivity index (χ3n) is 3.85. The molecule has 0 aromatic heterocycles. The van der Waals surface area contributed by atoms with Crippen molar-refractivity contribution in [2.45, 2.75) is 46.4 Å². The molecule has 0 aliphatic heterocycles. The minimum Gasteiger partial charge on any atom is -0.386 e. The van der Waals surface area contributed by atoms with Crippen LogP contribution in [0.15, 0.2) is 22.2 Å². The van der Waals surface area contributed by atoms with E-state index < -0.39 is 19.7 Å². The summed E-state index contributed by atoms with van der Waals surface area (Å²) in [7, 11) is 0. The average Bonchev–Trinajstić information content (AvgIpc) is 2.50. The molecule has 0 heterocycles. The van der Waals surface area contributed by atoms with Gasteiger partial charge in [-0.2, -0.15) is 0 Å². The summed E-state index contributed by atoms with van der Waals surface area (Å²) >= 11 is 38.3. The summed E-state index contributed by atoms with van der Waals surface area (Å²) < 4.78 is -1.47. The lowest BCUT2D eigenvalue weighted by Gasteiger charge is -2.33. The molecule has 0 spiro atoms. The number of hydrogen-bond donors (Lipinski definition) is 1. The van der Waals surface area contributed by atoms with E-state index in [1.165, 1.54) is 0 Å². The van der Waals surface area contributed by atoms with Crippen molar-refractivity contribution in [1.29, 1.82) is 0 Å². The van der Waals surface area contributed by atoms with Gasteiger partial charge < -0.3 is 5.11 Å². The maximum Gasteiger partial charge on any atom is 0.166 e. The molecule has 1 saturated carbocycles. The molecule has 3 atom stereocenters. The van der Waals surface area contributed by atoms with Crippen LogP contribution in [0.25, 0.3) is 0 Å². The van der Waals surface area contributed by atoms with E-state index in [2.05, 4.69) is 0 Å². The highest BCUT2D eigenvalue weighted by molar-refractivity contribution is 6.65. The number of alkyl halides is 4. The van der Waals surface area contributed by atoms with Crippen LogP contribution in [0, 0.1) is 5.92 Å². The predicted molar refractivity (Wildman–Crippen MR) is 88.5 cm³/mol. The van der Waals surface area contributed by atoms with Crippen molar-refractivity contribution in [3.8, 4) is 0 Å². The molecular formula is C13H14Cl6O. The van der Waals surface area contributed by atoms with Crippen LogP contribution < -0.4 is 0 Å². The molecule has 0 amide bonds. The first-order valence-electron chi connectivity index (χ1n) is 6.10. The standard InChI is InChI=1S/C13H14Cl6O/c1-10(2,20)5-3-4-7-6-11(16)8(14)9(15)12(7,17)13(11,18)19/h3,5,7,20H,4,6H2,1-2H3/b5-3+/t7-,11+,12+/m1/s1. The highest BCUT2D eigenvalue weighted by atomic mass is 35.5. The largest absolute Gasteiger partial charge is 0.386 e. The van der Waals surface area contributed by atoms with Crippen LogP contribution in [-0.4, -0.2) is 24.8 Å². The molecule has 1 fully saturated rings. The van der Waals surface area contributed by atoms with Gasteiger partial charge in [-0.1, -0.05) is 58.6 Å². The number of halogens is 6. The Morgan fingerprint density at radius 1 is 1.20 bits per heavy atom. The summed E-state index contributed by atoms with van der Waals surface area (Å²) in [6.45, 7) is 3.36. The molecule has 2 aliphatic rings. The third kappa shape index (κ3) is 2.24. The Morgan fingerprint density at radius 2 is 1.75 bits per heavy atom. The molecule has 0 aromatic carbocycles. The van der Waals surface area contributed by atoms with Gasteiger partial charge in [0.2, 0.25) is 0 Å². The minimum atomic E-state index is -1.47. The second-order valence-corrected chi connectivity index (χ2v) is 9.23. The summed E-state index contributed by atoms with van der Waals surface area (Å²) in [5, 5.41) is 10.1. The van der Waals surface area contributed by atoms with Gasteiger partial charge in [0, 0.05) is 0 Å². The minimum absolute atomic E-state index is 0.162. The molecule has 2 rings (SSSR count). The molecule has 0 unspecified atom stereocenters. The van der Waals surface area contributed by atoms with Crippen LogP contribution in [0.3, 0.4) is 0 Å². The van der Waals surface area contributed by atoms with Gasteiger partial charge in [0.25, 0.3) is 0 Å². The Labute approximate surface area is 148 Å². The van der Waals surface area contributed by atoms with Gasteiger partial charge in [0.05, 0.1) is 15.7 Å². The third-order valence-corrected chi connectivity index (χ3v) is 8.18. The predicted octanol–water partition coefficient (Wildman–Crippen LogP) is 5.56. The van der Waals surface area contributed by atoms with Crippen molar-refractivity contribution in [1.82, 2.24) is 0 Å². The maximum absolute atomic E-state index is 9.68. The van der Waals surface area contributed by atoms with E-state index in [9.17, 15) is 5.11 Å². The number of hydrogen-bond acceptors (Lipinski definition) is 1. The van der Waals surface area contributed by atoms with Gasteiger partial charge >= 0.3 is 0 Å². The van der Waals surface area contributed by atoms with E-state index in [0.717, 1.165) is 0 Å². The van der Waals surface area contributed by atoms with Crippen LogP contribution in [0.1, 0.15) is 26.7 Å². The fraction of sp³-hybridized carbons (Fsp3) is 0.692. The second kappa shape index (κ2) is 5.09. The molecule has 0 saturated heterocycles. The second-order valence-electron chi connectivity index (χ2n) is 5.91. The Bertz CT molecular complexity index is 492. The van der Waals surface area contributed by atoms with Crippen molar-refractivity contribution in [2.24, 2.45) is 5.92 Å². The highest BCUT2D eigenvalue weighted by Gasteiger charge is 2.77. The van der Waals surface area contributed by atoms with Crippen LogP contribution in [0.4, 0.5) is 0 Å². The van der Waals surface area contributed by atoms with Gasteiger partial charge in [-0.05, 0) is 32.6 Å². The van der Waals surface area contributed by atoms with E-state index in [0.29, 0.717) is 12.8 Å². The van der Waals surface area contributed by atoms with Gasteiger partial charge in [0.1, 0.15) is 9.75 Å². The topological polar surface area (TPSA) is 20.2 Å². The number of rotatable bonds is 3. The maximum atomic E-state index is 9.68. The molecule has 1 nitrogen and oxygen atoms in total. The zero-order chi connectivity index (χ0) is 15.6. The molecule has 2 bridgehead atoms.